The normalized spacial score (nSPS) is 19.3. The number of hydrogen-bond donors (Lipinski definition) is 0. The zero-order valence-corrected chi connectivity index (χ0v) is 18.4. The van der Waals surface area contributed by atoms with Crippen LogP contribution in [0.4, 0.5) is 0 Å². The molecule has 0 atom stereocenters. The van der Waals surface area contributed by atoms with Crippen molar-refractivity contribution in [3.63, 3.8) is 0 Å². The fourth-order valence-corrected chi connectivity index (χ4v) is 4.21. The van der Waals surface area contributed by atoms with E-state index in [-0.39, 0.29) is 0 Å². The summed E-state index contributed by atoms with van der Waals surface area (Å²) >= 11 is 4.22. The van der Waals surface area contributed by atoms with E-state index in [1.807, 2.05) is 0 Å². The first kappa shape index (κ1) is 21.6. The molecule has 0 amide bonds. The summed E-state index contributed by atoms with van der Waals surface area (Å²) in [6, 6.07) is 0. The Balaban J connectivity index is 2.30. The highest BCUT2D eigenvalue weighted by atomic mass is 32.2. The second kappa shape index (κ2) is 8.79. The van der Waals surface area contributed by atoms with Crippen molar-refractivity contribution < 1.29 is 4.48 Å². The van der Waals surface area contributed by atoms with E-state index in [9.17, 15) is 0 Å². The summed E-state index contributed by atoms with van der Waals surface area (Å²) in [6.45, 7) is 17.9. The van der Waals surface area contributed by atoms with Gasteiger partial charge in [-0.1, -0.05) is 46.4 Å². The van der Waals surface area contributed by atoms with Gasteiger partial charge < -0.3 is 9.38 Å². The maximum absolute atomic E-state index is 2.61. The molecule has 23 heavy (non-hydrogen) atoms. The fraction of sp³-hybridized carbons (Fsp3) is 1.00. The number of piperazine rings is 1. The zero-order chi connectivity index (χ0) is 17.7. The van der Waals surface area contributed by atoms with Crippen LogP contribution in [0.1, 0.15) is 41.0 Å². The van der Waals surface area contributed by atoms with Gasteiger partial charge in [0.25, 0.3) is 0 Å². The summed E-state index contributed by atoms with van der Waals surface area (Å²) in [5, 5.41) is 0. The average Bonchev–Trinajstić information content (AvgIpc) is 2.43. The molecule has 0 unspecified atom stereocenters. The molecule has 0 spiro atoms. The van der Waals surface area contributed by atoms with Gasteiger partial charge in [0.2, 0.25) is 0 Å². The Hall–Kier alpha value is 0.580. The minimum atomic E-state index is 0.362. The van der Waals surface area contributed by atoms with Gasteiger partial charge in [-0.25, -0.2) is 0 Å². The van der Waals surface area contributed by atoms with Gasteiger partial charge in [-0.05, 0) is 7.05 Å². The first-order chi connectivity index (χ1) is 10.4. The molecule has 1 aliphatic rings. The number of quaternary nitrogens is 1. The predicted molar refractivity (Wildman–Crippen MR) is 109 cm³/mol. The van der Waals surface area contributed by atoms with E-state index in [1.54, 1.807) is 0 Å². The van der Waals surface area contributed by atoms with Gasteiger partial charge >= 0.3 is 0 Å². The van der Waals surface area contributed by atoms with Gasteiger partial charge in [0.05, 0.1) is 20.6 Å². The molecule has 0 bridgehead atoms. The van der Waals surface area contributed by atoms with Gasteiger partial charge in [-0.15, -0.1) is 11.8 Å². The van der Waals surface area contributed by atoms with Gasteiger partial charge in [0, 0.05) is 48.0 Å². The van der Waals surface area contributed by atoms with Crippen LogP contribution >= 0.6 is 23.5 Å². The Bertz CT molecular complexity index is 343. The minimum absolute atomic E-state index is 0.362. The van der Waals surface area contributed by atoms with Crippen LogP contribution < -0.4 is 0 Å². The molecule has 1 heterocycles. The average molecular weight is 363 g/mol. The smallest absolute Gasteiger partial charge is 0.125 e. The lowest BCUT2D eigenvalue weighted by Crippen LogP contribution is -2.45. The Labute approximate surface area is 154 Å². The third-order valence-electron chi connectivity index (χ3n) is 4.40. The van der Waals surface area contributed by atoms with E-state index >= 15 is 0 Å². The Kier molecular flexibility index (Phi) is 8.27. The molecular weight excluding hydrogens is 322 g/mol. The fourth-order valence-electron chi connectivity index (χ4n) is 2.32. The first-order valence-corrected chi connectivity index (χ1v) is 10.9. The standard InChI is InChI=1S/C18H40N3S2/c1-17(2,3)23-16-21(7,8)14-9-18(4,5)22-15-20-12-10-19(6)11-13-20/h9-16H2,1-8H3/q+1. The number of hydrogen-bond acceptors (Lipinski definition) is 4. The molecule has 0 saturated carbocycles. The van der Waals surface area contributed by atoms with Crippen LogP contribution in [0.15, 0.2) is 0 Å². The second-order valence-corrected chi connectivity index (χ2v) is 12.7. The molecule has 0 aromatic heterocycles. The summed E-state index contributed by atoms with van der Waals surface area (Å²) < 4.78 is 1.84. The molecule has 0 aromatic rings. The van der Waals surface area contributed by atoms with E-state index < -0.39 is 0 Å². The van der Waals surface area contributed by atoms with Crippen molar-refractivity contribution in [2.45, 2.75) is 50.5 Å². The Morgan fingerprint density at radius 2 is 1.48 bits per heavy atom. The molecule has 0 radical (unpaired) electrons. The lowest BCUT2D eigenvalue weighted by Gasteiger charge is -2.37. The van der Waals surface area contributed by atoms with Gasteiger partial charge in [0.1, 0.15) is 5.88 Å². The van der Waals surface area contributed by atoms with Crippen LogP contribution in [0.5, 0.6) is 0 Å². The van der Waals surface area contributed by atoms with Crippen molar-refractivity contribution in [2.24, 2.45) is 0 Å². The van der Waals surface area contributed by atoms with Crippen LogP contribution in [0.25, 0.3) is 0 Å². The van der Waals surface area contributed by atoms with E-state index in [1.165, 1.54) is 50.9 Å². The molecular formula is C18H40N3S2+. The SMILES string of the molecule is CN1CCN(CSC(C)(C)CC[N+](C)(C)CSC(C)(C)C)CC1. The molecule has 3 nitrogen and oxygen atoms in total. The molecule has 0 aromatic carbocycles. The third kappa shape index (κ3) is 10.2. The van der Waals surface area contributed by atoms with Crippen molar-refractivity contribution in [1.29, 1.82) is 0 Å². The number of rotatable bonds is 8. The Morgan fingerprint density at radius 1 is 0.913 bits per heavy atom. The molecule has 5 heteroatoms. The van der Waals surface area contributed by atoms with E-state index in [4.69, 9.17) is 0 Å². The lowest BCUT2D eigenvalue weighted by atomic mass is 10.1. The van der Waals surface area contributed by atoms with Crippen LogP contribution in [0.2, 0.25) is 0 Å². The van der Waals surface area contributed by atoms with E-state index in [0.717, 1.165) is 4.48 Å². The monoisotopic (exact) mass is 362 g/mol. The highest BCUT2D eigenvalue weighted by Gasteiger charge is 2.27. The van der Waals surface area contributed by atoms with Crippen molar-refractivity contribution in [3.8, 4) is 0 Å². The number of thioether (sulfide) groups is 2. The maximum atomic E-state index is 2.61. The highest BCUT2D eigenvalue weighted by Crippen LogP contribution is 2.31. The van der Waals surface area contributed by atoms with Crippen LogP contribution in [-0.4, -0.2) is 89.4 Å². The number of nitrogens with zero attached hydrogens (tertiary/aromatic N) is 3. The summed E-state index contributed by atoms with van der Waals surface area (Å²) in [5.74, 6) is 2.38. The Morgan fingerprint density at radius 3 is 2.00 bits per heavy atom. The topological polar surface area (TPSA) is 6.48 Å². The third-order valence-corrected chi connectivity index (χ3v) is 7.57. The van der Waals surface area contributed by atoms with Crippen molar-refractivity contribution in [1.82, 2.24) is 9.80 Å². The molecule has 0 aliphatic carbocycles. The first-order valence-electron chi connectivity index (χ1n) is 8.89. The maximum Gasteiger partial charge on any atom is 0.125 e. The van der Waals surface area contributed by atoms with Crippen molar-refractivity contribution >= 4 is 23.5 Å². The largest absolute Gasteiger partial charge is 0.320 e. The van der Waals surface area contributed by atoms with Crippen molar-refractivity contribution in [2.75, 3.05) is 65.6 Å². The number of likely N-dealkylation sites (N-methyl/N-ethyl adjacent to an activating group) is 1. The molecule has 1 fully saturated rings. The van der Waals surface area contributed by atoms with Crippen LogP contribution in [-0.2, 0) is 0 Å². The van der Waals surface area contributed by atoms with Crippen LogP contribution in [0.3, 0.4) is 0 Å². The molecule has 1 rings (SSSR count). The van der Waals surface area contributed by atoms with Gasteiger partial charge in [-0.3, -0.25) is 4.90 Å². The van der Waals surface area contributed by atoms with E-state index in [0.29, 0.717) is 9.49 Å². The van der Waals surface area contributed by atoms with Crippen molar-refractivity contribution in [3.05, 3.63) is 0 Å². The minimum Gasteiger partial charge on any atom is -0.320 e. The second-order valence-electron chi connectivity index (χ2n) is 9.25. The summed E-state index contributed by atoms with van der Waals surface area (Å²) in [5.41, 5.74) is 0. The molecule has 1 saturated heterocycles. The quantitative estimate of drug-likeness (QED) is 0.480. The summed E-state index contributed by atoms with van der Waals surface area (Å²) in [7, 11) is 6.98. The summed E-state index contributed by atoms with van der Waals surface area (Å²) in [4.78, 5) is 5.04. The summed E-state index contributed by atoms with van der Waals surface area (Å²) in [6.07, 6.45) is 1.28. The molecule has 0 N–H and O–H groups in total. The molecule has 138 valence electrons. The highest BCUT2D eigenvalue weighted by molar-refractivity contribution is 8.00. The predicted octanol–water partition coefficient (Wildman–Crippen LogP) is 3.66. The van der Waals surface area contributed by atoms with Gasteiger partial charge in [0.15, 0.2) is 0 Å². The van der Waals surface area contributed by atoms with E-state index in [2.05, 4.69) is 89.1 Å². The van der Waals surface area contributed by atoms with Gasteiger partial charge in [-0.2, -0.15) is 0 Å². The zero-order valence-electron chi connectivity index (χ0n) is 16.8. The molecule has 1 aliphatic heterocycles. The lowest BCUT2D eigenvalue weighted by molar-refractivity contribution is -0.878. The van der Waals surface area contributed by atoms with Crippen LogP contribution in [0, 0.1) is 0 Å².